The Labute approximate surface area is 167 Å². The summed E-state index contributed by atoms with van der Waals surface area (Å²) in [6.45, 7) is 9.53. The summed E-state index contributed by atoms with van der Waals surface area (Å²) < 4.78 is 2.41. The number of benzene rings is 2. The summed E-state index contributed by atoms with van der Waals surface area (Å²) in [7, 11) is 0. The summed E-state index contributed by atoms with van der Waals surface area (Å²) in [5.74, 6) is 0. The largest absolute Gasteiger partial charge is 0.338 e. The molecule has 0 N–H and O–H groups in total. The number of nitrogens with zero attached hydrogens (tertiary/aromatic N) is 2. The number of halogens is 1. The van der Waals surface area contributed by atoms with Crippen molar-refractivity contribution < 1.29 is 0 Å². The van der Waals surface area contributed by atoms with Crippen molar-refractivity contribution in [2.24, 2.45) is 0 Å². The maximum absolute atomic E-state index is 4.76. The van der Waals surface area contributed by atoms with Crippen LogP contribution in [0.5, 0.6) is 0 Å². The van der Waals surface area contributed by atoms with Crippen LogP contribution in [0.25, 0.3) is 22.2 Å². The minimum absolute atomic E-state index is 0. The van der Waals surface area contributed by atoms with E-state index in [9.17, 15) is 0 Å². The molecule has 2 nitrogen and oxygen atoms in total. The van der Waals surface area contributed by atoms with Gasteiger partial charge < -0.3 is 4.57 Å². The topological polar surface area (TPSA) is 17.8 Å². The third-order valence-corrected chi connectivity index (χ3v) is 5.33. The number of hydrogen-bond acceptors (Lipinski definition) is 1. The Kier molecular flexibility index (Phi) is 5.38. The van der Waals surface area contributed by atoms with Crippen molar-refractivity contribution in [3.8, 4) is 11.3 Å². The fourth-order valence-electron chi connectivity index (χ4n) is 3.59. The molecule has 0 fully saturated rings. The van der Waals surface area contributed by atoms with Crippen LogP contribution in [0.4, 0.5) is 0 Å². The van der Waals surface area contributed by atoms with Crippen molar-refractivity contribution in [3.63, 3.8) is 0 Å². The SMILES string of the molecule is Cc1ccc(Cn2c(C)c(C)c3ccnc(-c4ccc(C)cc4)c32)cc1.Cl. The Bertz CT molecular complexity index is 1070. The molecule has 0 aliphatic rings. The van der Waals surface area contributed by atoms with E-state index in [1.54, 1.807) is 0 Å². The second-order valence-electron chi connectivity index (χ2n) is 7.20. The van der Waals surface area contributed by atoms with Crippen molar-refractivity contribution in [3.05, 3.63) is 88.7 Å². The van der Waals surface area contributed by atoms with E-state index in [0.29, 0.717) is 0 Å². The Morgan fingerprint density at radius 3 is 2.00 bits per heavy atom. The van der Waals surface area contributed by atoms with Crippen LogP contribution in [0, 0.1) is 27.7 Å². The van der Waals surface area contributed by atoms with Crippen molar-refractivity contribution in [1.82, 2.24) is 9.55 Å². The molecule has 0 unspecified atom stereocenters. The van der Waals surface area contributed by atoms with Crippen LogP contribution in [0.2, 0.25) is 0 Å². The molecule has 4 rings (SSSR count). The van der Waals surface area contributed by atoms with Gasteiger partial charge in [0.2, 0.25) is 0 Å². The van der Waals surface area contributed by atoms with Crippen molar-refractivity contribution in [1.29, 1.82) is 0 Å². The Morgan fingerprint density at radius 2 is 1.37 bits per heavy atom. The van der Waals surface area contributed by atoms with Gasteiger partial charge >= 0.3 is 0 Å². The third kappa shape index (κ3) is 3.50. The van der Waals surface area contributed by atoms with Crippen molar-refractivity contribution in [2.75, 3.05) is 0 Å². The van der Waals surface area contributed by atoms with Crippen LogP contribution in [-0.4, -0.2) is 9.55 Å². The summed E-state index contributed by atoms with van der Waals surface area (Å²) in [6.07, 6.45) is 1.93. The fraction of sp³-hybridized carbons (Fsp3) is 0.208. The highest BCUT2D eigenvalue weighted by atomic mass is 35.5. The van der Waals surface area contributed by atoms with Gasteiger partial charge in [0, 0.05) is 29.4 Å². The highest BCUT2D eigenvalue weighted by molar-refractivity contribution is 5.95. The number of rotatable bonds is 3. The fourth-order valence-corrected chi connectivity index (χ4v) is 3.59. The van der Waals surface area contributed by atoms with E-state index in [4.69, 9.17) is 4.98 Å². The summed E-state index contributed by atoms with van der Waals surface area (Å²) in [5.41, 5.74) is 9.98. The number of aryl methyl sites for hydroxylation is 3. The molecular formula is C24H25ClN2. The first-order valence-corrected chi connectivity index (χ1v) is 9.11. The van der Waals surface area contributed by atoms with E-state index in [1.807, 2.05) is 6.20 Å². The highest BCUT2D eigenvalue weighted by Gasteiger charge is 2.16. The normalized spacial score (nSPS) is 10.8. The van der Waals surface area contributed by atoms with Crippen LogP contribution >= 0.6 is 12.4 Å². The van der Waals surface area contributed by atoms with Crippen molar-refractivity contribution in [2.45, 2.75) is 34.2 Å². The van der Waals surface area contributed by atoms with Gasteiger partial charge in [-0.15, -0.1) is 12.4 Å². The van der Waals surface area contributed by atoms with Crippen LogP contribution in [0.3, 0.4) is 0 Å². The molecule has 0 aliphatic heterocycles. The lowest BCUT2D eigenvalue weighted by molar-refractivity contribution is 0.800. The second kappa shape index (κ2) is 7.58. The minimum Gasteiger partial charge on any atom is -0.338 e. The Morgan fingerprint density at radius 1 is 0.778 bits per heavy atom. The van der Waals surface area contributed by atoms with Crippen LogP contribution in [0.15, 0.2) is 60.8 Å². The molecule has 0 aliphatic carbocycles. The molecule has 138 valence electrons. The molecule has 0 amide bonds. The molecule has 4 aromatic rings. The van der Waals surface area contributed by atoms with Crippen molar-refractivity contribution >= 4 is 23.3 Å². The monoisotopic (exact) mass is 376 g/mol. The molecule has 2 heterocycles. The molecule has 0 spiro atoms. The number of hydrogen-bond donors (Lipinski definition) is 0. The van der Waals surface area contributed by atoms with Crippen LogP contribution in [-0.2, 0) is 6.54 Å². The van der Waals surface area contributed by atoms with Gasteiger partial charge in [-0.25, -0.2) is 0 Å². The van der Waals surface area contributed by atoms with Crippen LogP contribution < -0.4 is 0 Å². The molecule has 0 saturated heterocycles. The molecular weight excluding hydrogens is 352 g/mol. The average Bonchev–Trinajstić information content (AvgIpc) is 2.89. The van der Waals surface area contributed by atoms with Gasteiger partial charge in [0.25, 0.3) is 0 Å². The lowest BCUT2D eigenvalue weighted by atomic mass is 10.1. The first kappa shape index (κ1) is 19.2. The maximum Gasteiger partial charge on any atom is 0.0945 e. The average molecular weight is 377 g/mol. The Hall–Kier alpha value is -2.58. The summed E-state index contributed by atoms with van der Waals surface area (Å²) in [4.78, 5) is 4.76. The summed E-state index contributed by atoms with van der Waals surface area (Å²) in [6, 6.07) is 19.6. The second-order valence-corrected chi connectivity index (χ2v) is 7.20. The van der Waals surface area contributed by atoms with Gasteiger partial charge in [-0.2, -0.15) is 0 Å². The molecule has 0 saturated carbocycles. The number of aromatic nitrogens is 2. The molecule has 0 atom stereocenters. The number of fused-ring (bicyclic) bond motifs is 1. The molecule has 0 radical (unpaired) electrons. The van der Waals surface area contributed by atoms with Gasteiger partial charge in [0.1, 0.15) is 0 Å². The van der Waals surface area contributed by atoms with E-state index in [-0.39, 0.29) is 12.4 Å². The first-order valence-electron chi connectivity index (χ1n) is 9.11. The predicted octanol–water partition coefficient (Wildman–Crippen LogP) is 6.41. The molecule has 0 bridgehead atoms. The van der Waals surface area contributed by atoms with Gasteiger partial charge in [-0.1, -0.05) is 59.7 Å². The third-order valence-electron chi connectivity index (χ3n) is 5.33. The quantitative estimate of drug-likeness (QED) is 0.404. The smallest absolute Gasteiger partial charge is 0.0945 e. The first-order chi connectivity index (χ1) is 12.5. The van der Waals surface area contributed by atoms with Gasteiger partial charge in [0.15, 0.2) is 0 Å². The summed E-state index contributed by atoms with van der Waals surface area (Å²) >= 11 is 0. The maximum atomic E-state index is 4.76. The highest BCUT2D eigenvalue weighted by Crippen LogP contribution is 2.33. The van der Waals surface area contributed by atoms with E-state index < -0.39 is 0 Å². The molecule has 27 heavy (non-hydrogen) atoms. The summed E-state index contributed by atoms with van der Waals surface area (Å²) in [5, 5.41) is 1.29. The molecule has 2 aromatic heterocycles. The zero-order valence-electron chi connectivity index (χ0n) is 16.3. The zero-order valence-corrected chi connectivity index (χ0v) is 17.1. The lowest BCUT2D eigenvalue weighted by Gasteiger charge is -2.12. The minimum atomic E-state index is 0. The van der Waals surface area contributed by atoms with Crippen LogP contribution in [0.1, 0.15) is 27.9 Å². The van der Waals surface area contributed by atoms with E-state index in [1.165, 1.54) is 44.4 Å². The van der Waals surface area contributed by atoms with E-state index in [0.717, 1.165) is 12.2 Å². The van der Waals surface area contributed by atoms with E-state index >= 15 is 0 Å². The van der Waals surface area contributed by atoms with Gasteiger partial charge in [-0.3, -0.25) is 4.98 Å². The van der Waals surface area contributed by atoms with Gasteiger partial charge in [0.05, 0.1) is 11.2 Å². The predicted molar refractivity (Wildman–Crippen MR) is 117 cm³/mol. The molecule has 3 heteroatoms. The zero-order chi connectivity index (χ0) is 18.3. The van der Waals surface area contributed by atoms with Gasteiger partial charge in [-0.05, 0) is 44.9 Å². The molecule has 2 aromatic carbocycles. The number of pyridine rings is 1. The standard InChI is InChI=1S/C24H24N2.ClH/c1-16-5-9-20(10-6-16)15-26-19(4)18(3)22-13-14-25-23(24(22)26)21-11-7-17(2)8-12-21;/h5-14H,15H2,1-4H3;1H. The Balaban J connectivity index is 0.00000210. The lowest BCUT2D eigenvalue weighted by Crippen LogP contribution is -2.03. The van der Waals surface area contributed by atoms with E-state index in [2.05, 4.69) is 86.9 Å².